The largest absolute Gasteiger partial charge is 0.381 e. The van der Waals surface area contributed by atoms with Crippen molar-refractivity contribution >= 4 is 11.3 Å². The Hall–Kier alpha value is -0.450. The van der Waals surface area contributed by atoms with Gasteiger partial charge in [0.05, 0.1) is 17.3 Å². The standard InChI is InChI=1S/C15H26N2OS/c1-4-18-9-8-14-17-15-12(10-16-11(2)3)6-5-7-13(15)19-14/h11-12,16H,4-10H2,1-3H3. The first-order valence-electron chi connectivity index (χ1n) is 7.50. The molecule has 0 radical (unpaired) electrons. The van der Waals surface area contributed by atoms with Gasteiger partial charge in [0.2, 0.25) is 0 Å². The summed E-state index contributed by atoms with van der Waals surface area (Å²) in [6.07, 6.45) is 4.78. The van der Waals surface area contributed by atoms with Gasteiger partial charge >= 0.3 is 0 Å². The number of nitrogens with zero attached hydrogens (tertiary/aromatic N) is 1. The minimum Gasteiger partial charge on any atom is -0.381 e. The van der Waals surface area contributed by atoms with E-state index in [0.717, 1.165) is 26.2 Å². The first kappa shape index (κ1) is 14.9. The second-order valence-corrected chi connectivity index (χ2v) is 6.68. The van der Waals surface area contributed by atoms with Gasteiger partial charge in [-0.2, -0.15) is 0 Å². The number of fused-ring (bicyclic) bond motifs is 1. The van der Waals surface area contributed by atoms with Crippen molar-refractivity contribution in [3.8, 4) is 0 Å². The molecule has 4 heteroatoms. The zero-order valence-corrected chi connectivity index (χ0v) is 13.2. The van der Waals surface area contributed by atoms with Crippen LogP contribution in [0.2, 0.25) is 0 Å². The van der Waals surface area contributed by atoms with E-state index in [-0.39, 0.29) is 0 Å². The van der Waals surface area contributed by atoms with Crippen molar-refractivity contribution in [3.05, 3.63) is 15.6 Å². The molecule has 0 amide bonds. The lowest BCUT2D eigenvalue weighted by Gasteiger charge is -2.22. The molecule has 1 unspecified atom stereocenters. The monoisotopic (exact) mass is 282 g/mol. The molecule has 0 saturated carbocycles. The van der Waals surface area contributed by atoms with Crippen LogP contribution < -0.4 is 5.32 Å². The zero-order chi connectivity index (χ0) is 13.7. The van der Waals surface area contributed by atoms with Crippen LogP contribution in [0.5, 0.6) is 0 Å². The average molecular weight is 282 g/mol. The van der Waals surface area contributed by atoms with Crippen LogP contribution in [-0.4, -0.2) is 30.8 Å². The molecule has 1 atom stereocenters. The van der Waals surface area contributed by atoms with Gasteiger partial charge in [0.15, 0.2) is 0 Å². The summed E-state index contributed by atoms with van der Waals surface area (Å²) in [5.74, 6) is 0.614. The quantitative estimate of drug-likeness (QED) is 0.780. The van der Waals surface area contributed by atoms with Gasteiger partial charge in [-0.15, -0.1) is 11.3 Å². The van der Waals surface area contributed by atoms with Crippen LogP contribution in [-0.2, 0) is 17.6 Å². The Kier molecular flexibility index (Phi) is 5.79. The molecule has 0 aromatic carbocycles. The number of nitrogens with one attached hydrogen (secondary N) is 1. The maximum absolute atomic E-state index is 5.43. The fourth-order valence-electron chi connectivity index (χ4n) is 2.55. The van der Waals surface area contributed by atoms with Gasteiger partial charge in [0.1, 0.15) is 0 Å². The van der Waals surface area contributed by atoms with Crippen molar-refractivity contribution in [1.29, 1.82) is 0 Å². The molecule has 1 aromatic heterocycles. The molecule has 1 heterocycles. The van der Waals surface area contributed by atoms with Crippen LogP contribution in [0, 0.1) is 0 Å². The Morgan fingerprint density at radius 2 is 2.32 bits per heavy atom. The predicted octanol–water partition coefficient (Wildman–Crippen LogP) is 3.14. The van der Waals surface area contributed by atoms with E-state index in [1.54, 1.807) is 0 Å². The zero-order valence-electron chi connectivity index (χ0n) is 12.4. The van der Waals surface area contributed by atoms with Crippen LogP contribution in [0.15, 0.2) is 0 Å². The molecule has 108 valence electrons. The van der Waals surface area contributed by atoms with Crippen molar-refractivity contribution in [2.24, 2.45) is 0 Å². The van der Waals surface area contributed by atoms with E-state index >= 15 is 0 Å². The maximum Gasteiger partial charge on any atom is 0.0954 e. The highest BCUT2D eigenvalue weighted by Gasteiger charge is 2.24. The summed E-state index contributed by atoms with van der Waals surface area (Å²) >= 11 is 1.90. The minimum atomic E-state index is 0.557. The average Bonchev–Trinajstić information content (AvgIpc) is 2.79. The topological polar surface area (TPSA) is 34.1 Å². The number of thiazole rings is 1. The van der Waals surface area contributed by atoms with Gasteiger partial charge in [-0.1, -0.05) is 13.8 Å². The van der Waals surface area contributed by atoms with Crippen LogP contribution in [0.3, 0.4) is 0 Å². The second kappa shape index (κ2) is 7.36. The van der Waals surface area contributed by atoms with Gasteiger partial charge in [-0.05, 0) is 26.2 Å². The molecule has 3 nitrogen and oxygen atoms in total. The highest BCUT2D eigenvalue weighted by molar-refractivity contribution is 7.11. The van der Waals surface area contributed by atoms with Crippen LogP contribution in [0.25, 0.3) is 0 Å². The second-order valence-electron chi connectivity index (χ2n) is 5.52. The molecule has 1 aromatic rings. The molecule has 1 N–H and O–H groups in total. The molecule has 1 aliphatic carbocycles. The van der Waals surface area contributed by atoms with Crippen molar-refractivity contribution in [2.75, 3.05) is 19.8 Å². The number of rotatable bonds is 7. The molecule has 0 spiro atoms. The number of hydrogen-bond acceptors (Lipinski definition) is 4. The summed E-state index contributed by atoms with van der Waals surface area (Å²) < 4.78 is 5.43. The highest BCUT2D eigenvalue weighted by atomic mass is 32.1. The third-order valence-electron chi connectivity index (χ3n) is 3.55. The third-order valence-corrected chi connectivity index (χ3v) is 4.74. The van der Waals surface area contributed by atoms with E-state index in [1.807, 2.05) is 18.3 Å². The lowest BCUT2D eigenvalue weighted by Crippen LogP contribution is -2.29. The van der Waals surface area contributed by atoms with Crippen molar-refractivity contribution in [2.45, 2.75) is 58.4 Å². The van der Waals surface area contributed by atoms with Crippen LogP contribution >= 0.6 is 11.3 Å². The van der Waals surface area contributed by atoms with E-state index in [1.165, 1.54) is 34.8 Å². The molecule has 0 bridgehead atoms. The van der Waals surface area contributed by atoms with Gasteiger partial charge in [-0.25, -0.2) is 4.98 Å². The molecular weight excluding hydrogens is 256 g/mol. The third kappa shape index (κ3) is 4.26. The van der Waals surface area contributed by atoms with Crippen molar-refractivity contribution < 1.29 is 4.74 Å². The Balaban J connectivity index is 1.98. The number of aryl methyl sites for hydroxylation is 1. The van der Waals surface area contributed by atoms with Crippen molar-refractivity contribution in [1.82, 2.24) is 10.3 Å². The molecule has 0 fully saturated rings. The summed E-state index contributed by atoms with van der Waals surface area (Å²) in [6.45, 7) is 9.13. The number of hydrogen-bond donors (Lipinski definition) is 1. The normalized spacial score (nSPS) is 18.8. The molecule has 0 aliphatic heterocycles. The molecule has 2 rings (SSSR count). The maximum atomic E-state index is 5.43. The first-order chi connectivity index (χ1) is 9.20. The molecule has 1 aliphatic rings. The minimum absolute atomic E-state index is 0.557. The van der Waals surface area contributed by atoms with Gasteiger partial charge in [0, 0.05) is 36.4 Å². The number of ether oxygens (including phenoxy) is 1. The molecular formula is C15H26N2OS. The summed E-state index contributed by atoms with van der Waals surface area (Å²) in [5, 5.41) is 4.82. The predicted molar refractivity (Wildman–Crippen MR) is 81.1 cm³/mol. The van der Waals surface area contributed by atoms with E-state index in [4.69, 9.17) is 9.72 Å². The lowest BCUT2D eigenvalue weighted by atomic mass is 9.91. The Labute approximate surface area is 120 Å². The SMILES string of the molecule is CCOCCc1nc2c(s1)CCCC2CNC(C)C. The Morgan fingerprint density at radius 1 is 1.47 bits per heavy atom. The molecule has 19 heavy (non-hydrogen) atoms. The van der Waals surface area contributed by atoms with E-state index < -0.39 is 0 Å². The summed E-state index contributed by atoms with van der Waals surface area (Å²) in [4.78, 5) is 6.40. The Morgan fingerprint density at radius 3 is 3.05 bits per heavy atom. The lowest BCUT2D eigenvalue weighted by molar-refractivity contribution is 0.151. The summed E-state index contributed by atoms with van der Waals surface area (Å²) in [5.41, 5.74) is 1.37. The summed E-state index contributed by atoms with van der Waals surface area (Å²) in [7, 11) is 0. The van der Waals surface area contributed by atoms with Gasteiger partial charge in [-0.3, -0.25) is 0 Å². The van der Waals surface area contributed by atoms with E-state index in [2.05, 4.69) is 19.2 Å². The van der Waals surface area contributed by atoms with Crippen molar-refractivity contribution in [3.63, 3.8) is 0 Å². The fraction of sp³-hybridized carbons (Fsp3) is 0.800. The van der Waals surface area contributed by atoms with Gasteiger partial charge < -0.3 is 10.1 Å². The van der Waals surface area contributed by atoms with E-state index in [0.29, 0.717) is 12.0 Å². The first-order valence-corrected chi connectivity index (χ1v) is 8.32. The van der Waals surface area contributed by atoms with Crippen LogP contribution in [0.4, 0.5) is 0 Å². The van der Waals surface area contributed by atoms with Crippen LogP contribution in [0.1, 0.15) is 55.1 Å². The number of aromatic nitrogens is 1. The fourth-order valence-corrected chi connectivity index (χ4v) is 3.72. The Bertz CT molecular complexity index is 389. The smallest absolute Gasteiger partial charge is 0.0954 e. The highest BCUT2D eigenvalue weighted by Crippen LogP contribution is 2.34. The van der Waals surface area contributed by atoms with Gasteiger partial charge in [0.25, 0.3) is 0 Å². The van der Waals surface area contributed by atoms with E-state index in [9.17, 15) is 0 Å². The summed E-state index contributed by atoms with van der Waals surface area (Å²) in [6, 6.07) is 0.557. The molecule has 0 saturated heterocycles.